The van der Waals surface area contributed by atoms with Gasteiger partial charge in [0.1, 0.15) is 5.82 Å². The highest BCUT2D eigenvalue weighted by molar-refractivity contribution is 9.10. The van der Waals surface area contributed by atoms with Gasteiger partial charge in [0.25, 0.3) is 5.91 Å². The molecule has 110 valence electrons. The van der Waals surface area contributed by atoms with Gasteiger partial charge in [-0.25, -0.2) is 4.39 Å². The molecule has 3 N–H and O–H groups in total. The maximum atomic E-state index is 13.2. The van der Waals surface area contributed by atoms with Crippen molar-refractivity contribution >= 4 is 27.5 Å². The Morgan fingerprint density at radius 3 is 2.80 bits per heavy atom. The summed E-state index contributed by atoms with van der Waals surface area (Å²) in [6, 6.07) is 2.88. The van der Waals surface area contributed by atoms with Crippen LogP contribution in [0.2, 0.25) is 0 Å². The average molecular weight is 344 g/mol. The van der Waals surface area contributed by atoms with Crippen LogP contribution >= 0.6 is 15.9 Å². The zero-order chi connectivity index (χ0) is 14.7. The van der Waals surface area contributed by atoms with E-state index in [2.05, 4.69) is 33.1 Å². The summed E-state index contributed by atoms with van der Waals surface area (Å²) in [5.74, 6) is -0.770. The average Bonchev–Trinajstić information content (AvgIpc) is 2.94. The van der Waals surface area contributed by atoms with E-state index in [1.807, 2.05) is 0 Å². The predicted octanol–water partition coefficient (Wildman–Crippen LogP) is 2.38. The first-order valence-corrected chi connectivity index (χ1v) is 7.55. The summed E-state index contributed by atoms with van der Waals surface area (Å²) >= 11 is 3.19. The molecule has 1 unspecified atom stereocenters. The Morgan fingerprint density at radius 2 is 2.15 bits per heavy atom. The fourth-order valence-electron chi connectivity index (χ4n) is 2.39. The van der Waals surface area contributed by atoms with Gasteiger partial charge in [0.05, 0.1) is 11.3 Å². The summed E-state index contributed by atoms with van der Waals surface area (Å²) in [4.78, 5) is 14.5. The quantitative estimate of drug-likeness (QED) is 0.825. The molecule has 1 heterocycles. The minimum atomic E-state index is -0.529. The van der Waals surface area contributed by atoms with Crippen LogP contribution in [0.25, 0.3) is 0 Å². The second-order valence-electron chi connectivity index (χ2n) is 5.16. The van der Waals surface area contributed by atoms with Gasteiger partial charge >= 0.3 is 0 Å². The van der Waals surface area contributed by atoms with Gasteiger partial charge in [-0.1, -0.05) is 0 Å². The number of nitrogens with zero attached hydrogens (tertiary/aromatic N) is 1. The third-order valence-corrected chi connectivity index (χ3v) is 4.31. The third-order valence-electron chi connectivity index (χ3n) is 3.65. The van der Waals surface area contributed by atoms with E-state index in [1.165, 1.54) is 25.0 Å². The Hall–Kier alpha value is -1.14. The lowest BCUT2D eigenvalue weighted by atomic mass is 10.1. The van der Waals surface area contributed by atoms with Crippen molar-refractivity contribution in [3.8, 4) is 0 Å². The van der Waals surface area contributed by atoms with Gasteiger partial charge in [-0.05, 0) is 60.9 Å². The number of carbonyl (C=O) groups excluding carboxylic acids is 1. The molecule has 1 fully saturated rings. The molecule has 6 heteroatoms. The third kappa shape index (κ3) is 3.49. The van der Waals surface area contributed by atoms with Gasteiger partial charge in [-0.15, -0.1) is 0 Å². The molecule has 0 bridgehead atoms. The van der Waals surface area contributed by atoms with E-state index in [0.29, 0.717) is 22.6 Å². The number of halogens is 2. The number of amides is 1. The minimum Gasteiger partial charge on any atom is -0.396 e. The molecular weight excluding hydrogens is 325 g/mol. The number of nitrogens with two attached hydrogens (primary N) is 1. The largest absolute Gasteiger partial charge is 0.396 e. The summed E-state index contributed by atoms with van der Waals surface area (Å²) in [6.45, 7) is 4.84. The first-order valence-electron chi connectivity index (χ1n) is 6.76. The van der Waals surface area contributed by atoms with Crippen molar-refractivity contribution in [2.24, 2.45) is 0 Å². The van der Waals surface area contributed by atoms with Gasteiger partial charge < -0.3 is 11.1 Å². The maximum Gasteiger partial charge on any atom is 0.252 e. The van der Waals surface area contributed by atoms with E-state index in [-0.39, 0.29) is 11.6 Å². The summed E-state index contributed by atoms with van der Waals surface area (Å²) in [6.07, 6.45) is 2.44. The monoisotopic (exact) mass is 343 g/mol. The predicted molar refractivity (Wildman–Crippen MR) is 81.1 cm³/mol. The van der Waals surface area contributed by atoms with Gasteiger partial charge in [-0.2, -0.15) is 0 Å². The SMILES string of the molecule is CC(CNC(=O)c1cc(N)c(F)cc1Br)N1CCCC1. The Balaban J connectivity index is 1.96. The molecule has 0 aliphatic carbocycles. The first-order chi connectivity index (χ1) is 9.49. The fraction of sp³-hybridized carbons (Fsp3) is 0.500. The summed E-state index contributed by atoms with van der Waals surface area (Å²) in [5, 5.41) is 2.87. The van der Waals surface area contributed by atoms with E-state index in [4.69, 9.17) is 5.73 Å². The van der Waals surface area contributed by atoms with Crippen LogP contribution in [0.3, 0.4) is 0 Å². The van der Waals surface area contributed by atoms with Crippen molar-refractivity contribution in [3.05, 3.63) is 28.0 Å². The number of nitrogens with one attached hydrogen (secondary N) is 1. The van der Waals surface area contributed by atoms with Crippen LogP contribution in [0.4, 0.5) is 10.1 Å². The van der Waals surface area contributed by atoms with Crippen molar-refractivity contribution < 1.29 is 9.18 Å². The second kappa shape index (κ2) is 6.54. The number of hydrogen-bond acceptors (Lipinski definition) is 3. The Labute approximate surface area is 126 Å². The topological polar surface area (TPSA) is 58.4 Å². The van der Waals surface area contributed by atoms with Crippen LogP contribution in [0.15, 0.2) is 16.6 Å². The van der Waals surface area contributed by atoms with Crippen molar-refractivity contribution in [1.82, 2.24) is 10.2 Å². The number of anilines is 1. The molecule has 0 aromatic heterocycles. The normalized spacial score (nSPS) is 17.1. The molecule has 1 atom stereocenters. The second-order valence-corrected chi connectivity index (χ2v) is 6.01. The lowest BCUT2D eigenvalue weighted by Crippen LogP contribution is -2.40. The minimum absolute atomic E-state index is 0.0223. The Bertz CT molecular complexity index is 503. The van der Waals surface area contributed by atoms with Crippen LogP contribution in [0.5, 0.6) is 0 Å². The lowest BCUT2D eigenvalue weighted by Gasteiger charge is -2.24. The number of nitrogen functional groups attached to an aromatic ring is 1. The molecule has 2 rings (SSSR count). The molecule has 1 aromatic carbocycles. The van der Waals surface area contributed by atoms with Crippen molar-refractivity contribution in [3.63, 3.8) is 0 Å². The number of hydrogen-bond donors (Lipinski definition) is 2. The van der Waals surface area contributed by atoms with E-state index < -0.39 is 5.82 Å². The molecule has 1 amide bonds. The summed E-state index contributed by atoms with van der Waals surface area (Å²) in [5.41, 5.74) is 5.84. The number of likely N-dealkylation sites (tertiary alicyclic amines) is 1. The number of benzene rings is 1. The Kier molecular flexibility index (Phi) is 4.99. The van der Waals surface area contributed by atoms with E-state index in [1.54, 1.807) is 0 Å². The number of carbonyl (C=O) groups is 1. The molecule has 20 heavy (non-hydrogen) atoms. The summed E-state index contributed by atoms with van der Waals surface area (Å²) in [7, 11) is 0. The van der Waals surface area contributed by atoms with E-state index >= 15 is 0 Å². The van der Waals surface area contributed by atoms with Crippen molar-refractivity contribution in [2.45, 2.75) is 25.8 Å². The highest BCUT2D eigenvalue weighted by Gasteiger charge is 2.19. The van der Waals surface area contributed by atoms with Gasteiger partial charge in [0, 0.05) is 17.1 Å². The van der Waals surface area contributed by atoms with Crippen molar-refractivity contribution in [2.75, 3.05) is 25.4 Å². The highest BCUT2D eigenvalue weighted by Crippen LogP contribution is 2.22. The standard InChI is InChI=1S/C14H19BrFN3O/c1-9(19-4-2-3-5-19)8-18-14(20)10-6-13(17)12(16)7-11(10)15/h6-7,9H,2-5,8,17H2,1H3,(H,18,20). The number of rotatable bonds is 4. The lowest BCUT2D eigenvalue weighted by molar-refractivity contribution is 0.0939. The zero-order valence-corrected chi connectivity index (χ0v) is 13.0. The van der Waals surface area contributed by atoms with Crippen LogP contribution in [-0.4, -0.2) is 36.5 Å². The molecular formula is C14H19BrFN3O. The van der Waals surface area contributed by atoms with E-state index in [9.17, 15) is 9.18 Å². The first kappa shape index (κ1) is 15.3. The van der Waals surface area contributed by atoms with Gasteiger partial charge in [-0.3, -0.25) is 9.69 Å². The molecule has 1 aromatic rings. The van der Waals surface area contributed by atoms with Gasteiger partial charge in [0.15, 0.2) is 0 Å². The summed E-state index contributed by atoms with van der Waals surface area (Å²) < 4.78 is 13.7. The fourth-order valence-corrected chi connectivity index (χ4v) is 2.88. The molecule has 0 radical (unpaired) electrons. The molecule has 1 aliphatic heterocycles. The van der Waals surface area contributed by atoms with E-state index in [0.717, 1.165) is 13.1 Å². The van der Waals surface area contributed by atoms with Crippen LogP contribution < -0.4 is 11.1 Å². The molecule has 0 saturated carbocycles. The molecule has 4 nitrogen and oxygen atoms in total. The zero-order valence-electron chi connectivity index (χ0n) is 11.5. The van der Waals surface area contributed by atoms with Gasteiger partial charge in [0.2, 0.25) is 0 Å². The maximum absolute atomic E-state index is 13.2. The van der Waals surface area contributed by atoms with Crippen LogP contribution in [0, 0.1) is 5.82 Å². The van der Waals surface area contributed by atoms with Crippen LogP contribution in [0.1, 0.15) is 30.1 Å². The molecule has 1 aliphatic rings. The molecule has 1 saturated heterocycles. The van der Waals surface area contributed by atoms with Crippen molar-refractivity contribution in [1.29, 1.82) is 0 Å². The molecule has 0 spiro atoms. The smallest absolute Gasteiger partial charge is 0.252 e. The Morgan fingerprint density at radius 1 is 1.50 bits per heavy atom. The highest BCUT2D eigenvalue weighted by atomic mass is 79.9. The van der Waals surface area contributed by atoms with Crippen LogP contribution in [-0.2, 0) is 0 Å².